The average Bonchev–Trinajstić information content (AvgIpc) is 2.96. The van der Waals surface area contributed by atoms with E-state index >= 15 is 0 Å². The molecule has 0 N–H and O–H groups in total. The van der Waals surface area contributed by atoms with Crippen LogP contribution in [0.4, 0.5) is 0 Å². The number of nitrogens with zero attached hydrogens (tertiary/aromatic N) is 3. The summed E-state index contributed by atoms with van der Waals surface area (Å²) in [5.74, 6) is 1.87. The van der Waals surface area contributed by atoms with E-state index in [1.165, 1.54) is 14.2 Å². The quantitative estimate of drug-likeness (QED) is 0.239. The summed E-state index contributed by atoms with van der Waals surface area (Å²) in [6, 6.07) is 16.7. The number of rotatable bonds is 10. The van der Waals surface area contributed by atoms with Gasteiger partial charge in [-0.15, -0.1) is 0 Å². The van der Waals surface area contributed by atoms with Gasteiger partial charge in [-0.1, -0.05) is 24.9 Å². The molecule has 1 unspecified atom stereocenters. The number of halogens is 1. The summed E-state index contributed by atoms with van der Waals surface area (Å²) in [5.41, 5.74) is 1.23. The van der Waals surface area contributed by atoms with E-state index in [0.29, 0.717) is 56.8 Å². The molecule has 0 aliphatic carbocycles. The zero-order chi connectivity index (χ0) is 28.1. The van der Waals surface area contributed by atoms with Gasteiger partial charge in [-0.3, -0.25) is 14.2 Å². The Bertz CT molecular complexity index is 1510. The number of methoxy groups -OCH3 is 3. The maximum absolute atomic E-state index is 14.0. The van der Waals surface area contributed by atoms with Crippen molar-refractivity contribution in [1.82, 2.24) is 14.5 Å². The minimum absolute atomic E-state index is 0.227. The molecule has 0 saturated heterocycles. The molecule has 0 aliphatic rings. The lowest BCUT2D eigenvalue weighted by molar-refractivity contribution is 0.0677. The average molecular weight is 550 g/mol. The smallest absolute Gasteiger partial charge is 0.266 e. The second-order valence-corrected chi connectivity index (χ2v) is 9.54. The van der Waals surface area contributed by atoms with Gasteiger partial charge < -0.3 is 19.1 Å². The Morgan fingerprint density at radius 1 is 0.949 bits per heavy atom. The van der Waals surface area contributed by atoms with E-state index < -0.39 is 6.04 Å². The van der Waals surface area contributed by atoms with Crippen molar-refractivity contribution in [2.45, 2.75) is 32.7 Å². The van der Waals surface area contributed by atoms with Gasteiger partial charge in [0.1, 0.15) is 23.1 Å². The van der Waals surface area contributed by atoms with Crippen LogP contribution in [0.2, 0.25) is 5.02 Å². The first-order valence-electron chi connectivity index (χ1n) is 12.7. The van der Waals surface area contributed by atoms with Gasteiger partial charge in [-0.2, -0.15) is 0 Å². The number of hydrogen-bond acceptors (Lipinski definition) is 6. The molecular formula is C30H32ClN3O5. The van der Waals surface area contributed by atoms with Crippen molar-refractivity contribution in [3.63, 3.8) is 0 Å². The first kappa shape index (κ1) is 28.0. The van der Waals surface area contributed by atoms with Gasteiger partial charge in [0.05, 0.1) is 44.0 Å². The molecule has 0 radical (unpaired) electrons. The maximum atomic E-state index is 14.0. The second-order valence-electron chi connectivity index (χ2n) is 9.10. The number of ether oxygens (including phenoxy) is 3. The molecule has 1 aromatic heterocycles. The lowest BCUT2D eigenvalue weighted by Gasteiger charge is -2.31. The molecule has 4 aromatic rings. The Kier molecular flexibility index (Phi) is 8.76. The molecule has 4 rings (SSSR count). The number of unbranched alkanes of at least 4 members (excludes halogenated alkanes) is 1. The molecule has 0 fully saturated rings. The highest BCUT2D eigenvalue weighted by Gasteiger charge is 2.28. The van der Waals surface area contributed by atoms with Crippen LogP contribution in [0.1, 0.15) is 48.9 Å². The molecule has 9 heteroatoms. The zero-order valence-electron chi connectivity index (χ0n) is 22.7. The van der Waals surface area contributed by atoms with Gasteiger partial charge in [-0.25, -0.2) is 4.98 Å². The van der Waals surface area contributed by atoms with E-state index in [4.69, 9.17) is 30.8 Å². The summed E-state index contributed by atoms with van der Waals surface area (Å²) in [4.78, 5) is 34.5. The Morgan fingerprint density at radius 2 is 1.59 bits per heavy atom. The van der Waals surface area contributed by atoms with Crippen LogP contribution in [0.5, 0.6) is 17.2 Å². The first-order valence-corrected chi connectivity index (χ1v) is 13.1. The van der Waals surface area contributed by atoms with Crippen LogP contribution in [-0.4, -0.2) is 48.2 Å². The standard InChI is InChI=1S/C30H32ClN3O5/c1-6-7-14-33(29(35)20-15-24(38-4)18-25(16-20)39-5)19(2)28-32-27-17-21(31)8-13-26(27)30(36)34(28)22-9-11-23(37-3)12-10-22/h8-13,15-19H,6-7,14H2,1-5H3. The van der Waals surface area contributed by atoms with Crippen LogP contribution < -0.4 is 19.8 Å². The SMILES string of the molecule is CCCCN(C(=O)c1cc(OC)cc(OC)c1)C(C)c1nc2cc(Cl)ccc2c(=O)n1-c1ccc(OC)cc1. The molecule has 204 valence electrons. The molecule has 0 saturated carbocycles. The topological polar surface area (TPSA) is 82.9 Å². The van der Waals surface area contributed by atoms with Crippen LogP contribution in [0.15, 0.2) is 65.5 Å². The summed E-state index contributed by atoms with van der Waals surface area (Å²) < 4.78 is 17.6. The van der Waals surface area contributed by atoms with Crippen LogP contribution >= 0.6 is 11.6 Å². The predicted octanol–water partition coefficient (Wildman–Crippen LogP) is 6.07. The summed E-state index contributed by atoms with van der Waals surface area (Å²) in [7, 11) is 4.66. The van der Waals surface area contributed by atoms with Crippen molar-refractivity contribution in [3.05, 3.63) is 87.4 Å². The molecule has 0 bridgehead atoms. The van der Waals surface area contributed by atoms with E-state index in [2.05, 4.69) is 6.92 Å². The second kappa shape index (κ2) is 12.2. The summed E-state index contributed by atoms with van der Waals surface area (Å²) in [6.07, 6.45) is 1.65. The van der Waals surface area contributed by atoms with Crippen molar-refractivity contribution in [3.8, 4) is 22.9 Å². The van der Waals surface area contributed by atoms with Crippen molar-refractivity contribution >= 4 is 28.4 Å². The number of aromatic nitrogens is 2. The molecular weight excluding hydrogens is 518 g/mol. The largest absolute Gasteiger partial charge is 0.497 e. The van der Waals surface area contributed by atoms with Crippen molar-refractivity contribution in [2.24, 2.45) is 0 Å². The number of carbonyl (C=O) groups is 1. The molecule has 1 amide bonds. The lowest BCUT2D eigenvalue weighted by atomic mass is 10.1. The Hall–Kier alpha value is -4.04. The summed E-state index contributed by atoms with van der Waals surface area (Å²) in [5, 5.41) is 0.896. The van der Waals surface area contributed by atoms with Gasteiger partial charge >= 0.3 is 0 Å². The zero-order valence-corrected chi connectivity index (χ0v) is 23.5. The van der Waals surface area contributed by atoms with E-state index in [-0.39, 0.29) is 11.5 Å². The Morgan fingerprint density at radius 3 is 2.18 bits per heavy atom. The highest BCUT2D eigenvalue weighted by atomic mass is 35.5. The molecule has 0 spiro atoms. The fraction of sp³-hybridized carbons (Fsp3) is 0.300. The molecule has 39 heavy (non-hydrogen) atoms. The van der Waals surface area contributed by atoms with Gasteiger partial charge in [0, 0.05) is 23.2 Å². The molecule has 1 heterocycles. The maximum Gasteiger partial charge on any atom is 0.266 e. The minimum Gasteiger partial charge on any atom is -0.497 e. The number of hydrogen-bond donors (Lipinski definition) is 0. The molecule has 1 atom stereocenters. The number of benzene rings is 3. The third-order valence-electron chi connectivity index (χ3n) is 6.64. The summed E-state index contributed by atoms with van der Waals surface area (Å²) in [6.45, 7) is 4.40. The third kappa shape index (κ3) is 5.86. The molecule has 8 nitrogen and oxygen atoms in total. The lowest BCUT2D eigenvalue weighted by Crippen LogP contribution is -2.38. The van der Waals surface area contributed by atoms with Crippen molar-refractivity contribution in [1.29, 1.82) is 0 Å². The minimum atomic E-state index is -0.570. The number of amides is 1. The Balaban J connectivity index is 1.91. The van der Waals surface area contributed by atoms with E-state index in [9.17, 15) is 9.59 Å². The highest BCUT2D eigenvalue weighted by molar-refractivity contribution is 6.31. The number of carbonyl (C=O) groups excluding carboxylic acids is 1. The van der Waals surface area contributed by atoms with Crippen LogP contribution in [-0.2, 0) is 0 Å². The van der Waals surface area contributed by atoms with Gasteiger partial charge in [0.2, 0.25) is 0 Å². The van der Waals surface area contributed by atoms with Gasteiger partial charge in [-0.05, 0) is 67.9 Å². The van der Waals surface area contributed by atoms with Crippen LogP contribution in [0, 0.1) is 0 Å². The van der Waals surface area contributed by atoms with Crippen molar-refractivity contribution < 1.29 is 19.0 Å². The number of fused-ring (bicyclic) bond motifs is 1. The summed E-state index contributed by atoms with van der Waals surface area (Å²) >= 11 is 6.26. The van der Waals surface area contributed by atoms with Crippen LogP contribution in [0.25, 0.3) is 16.6 Å². The van der Waals surface area contributed by atoms with Crippen LogP contribution in [0.3, 0.4) is 0 Å². The Labute approximate surface area is 232 Å². The fourth-order valence-corrected chi connectivity index (χ4v) is 4.64. The van der Waals surface area contributed by atoms with E-state index in [0.717, 1.165) is 12.8 Å². The monoisotopic (exact) mass is 549 g/mol. The highest BCUT2D eigenvalue weighted by Crippen LogP contribution is 2.29. The normalized spacial score (nSPS) is 11.7. The molecule has 0 aliphatic heterocycles. The van der Waals surface area contributed by atoms with Crippen molar-refractivity contribution in [2.75, 3.05) is 27.9 Å². The molecule has 3 aromatic carbocycles. The van der Waals surface area contributed by atoms with E-state index in [1.54, 1.807) is 77.2 Å². The third-order valence-corrected chi connectivity index (χ3v) is 6.88. The van der Waals surface area contributed by atoms with Gasteiger partial charge in [0.15, 0.2) is 0 Å². The first-order chi connectivity index (χ1) is 18.8. The fourth-order valence-electron chi connectivity index (χ4n) is 4.47. The van der Waals surface area contributed by atoms with Gasteiger partial charge in [0.25, 0.3) is 11.5 Å². The van der Waals surface area contributed by atoms with E-state index in [1.807, 2.05) is 6.92 Å². The predicted molar refractivity (Wildman–Crippen MR) is 153 cm³/mol.